The van der Waals surface area contributed by atoms with Crippen LogP contribution in [-0.2, 0) is 9.47 Å². The number of ether oxygens (including phenoxy) is 2. The van der Waals surface area contributed by atoms with Gasteiger partial charge in [0.1, 0.15) is 6.61 Å². The van der Waals surface area contributed by atoms with Crippen molar-refractivity contribution in [3.05, 3.63) is 12.2 Å². The smallest absolute Gasteiger partial charge is 0.404 e. The first-order chi connectivity index (χ1) is 6.02. The maximum Gasteiger partial charge on any atom is 0.404 e. The Labute approximate surface area is 75.5 Å². The summed E-state index contributed by atoms with van der Waals surface area (Å²) in [5, 5.41) is 0. The Morgan fingerprint density at radius 2 is 1.69 bits per heavy atom. The Bertz CT molecular complexity index is 215. The Balaban J connectivity index is 3.41. The molecule has 13 heavy (non-hydrogen) atoms. The van der Waals surface area contributed by atoms with E-state index in [-0.39, 0.29) is 13.2 Å². The molecule has 0 fully saturated rings. The van der Waals surface area contributed by atoms with Crippen LogP contribution >= 0.6 is 0 Å². The Hall–Kier alpha value is -1.72. The summed E-state index contributed by atoms with van der Waals surface area (Å²) in [6.07, 6.45) is -1.32. The van der Waals surface area contributed by atoms with E-state index in [2.05, 4.69) is 16.1 Å². The first-order valence-electron chi connectivity index (χ1n) is 3.53. The number of primary amides is 2. The number of carbonyl (C=O) groups is 2. The minimum atomic E-state index is -0.864. The maximum atomic E-state index is 10.1. The van der Waals surface area contributed by atoms with Crippen LogP contribution in [0.1, 0.15) is 6.42 Å². The predicted octanol–water partition coefficient (Wildman–Crippen LogP) is 0.123. The van der Waals surface area contributed by atoms with Crippen molar-refractivity contribution in [3.63, 3.8) is 0 Å². The summed E-state index contributed by atoms with van der Waals surface area (Å²) >= 11 is 0. The van der Waals surface area contributed by atoms with Gasteiger partial charge >= 0.3 is 12.2 Å². The number of nitrogens with two attached hydrogens (primary N) is 2. The van der Waals surface area contributed by atoms with Crippen LogP contribution in [-0.4, -0.2) is 25.4 Å². The molecule has 0 bridgehead atoms. The molecule has 0 aromatic carbocycles. The molecule has 0 radical (unpaired) electrons. The van der Waals surface area contributed by atoms with Gasteiger partial charge in [0.2, 0.25) is 0 Å². The zero-order valence-electron chi connectivity index (χ0n) is 7.12. The molecule has 0 aliphatic carbocycles. The van der Waals surface area contributed by atoms with E-state index in [0.29, 0.717) is 12.0 Å². The summed E-state index contributed by atoms with van der Waals surface area (Å²) in [6, 6.07) is 0. The number of carbonyl (C=O) groups excluding carboxylic acids is 2. The lowest BCUT2D eigenvalue weighted by Gasteiger charge is -2.04. The fraction of sp³-hybridized carbons (Fsp3) is 0.429. The van der Waals surface area contributed by atoms with Gasteiger partial charge in [0.15, 0.2) is 0 Å². The van der Waals surface area contributed by atoms with Crippen molar-refractivity contribution >= 4 is 12.2 Å². The van der Waals surface area contributed by atoms with E-state index in [0.717, 1.165) is 0 Å². The van der Waals surface area contributed by atoms with Gasteiger partial charge in [-0.05, 0) is 5.57 Å². The molecule has 0 aromatic rings. The fourth-order valence-corrected chi connectivity index (χ4v) is 0.541. The van der Waals surface area contributed by atoms with Gasteiger partial charge in [0, 0.05) is 6.42 Å². The average molecular weight is 188 g/mol. The third-order valence-electron chi connectivity index (χ3n) is 1.12. The van der Waals surface area contributed by atoms with Gasteiger partial charge in [-0.3, -0.25) is 0 Å². The van der Waals surface area contributed by atoms with Crippen LogP contribution in [0.4, 0.5) is 9.59 Å². The summed E-state index contributed by atoms with van der Waals surface area (Å²) in [7, 11) is 0. The van der Waals surface area contributed by atoms with Crippen LogP contribution in [0.15, 0.2) is 12.2 Å². The lowest BCUT2D eigenvalue weighted by Crippen LogP contribution is -2.16. The lowest BCUT2D eigenvalue weighted by molar-refractivity contribution is 0.151. The minimum Gasteiger partial charge on any atom is -0.449 e. The predicted molar refractivity (Wildman–Crippen MR) is 44.8 cm³/mol. The molecule has 6 heteroatoms. The molecule has 0 rings (SSSR count). The SMILES string of the molecule is C=C(CCOC(N)=O)COC(N)=O. The second-order valence-corrected chi connectivity index (χ2v) is 2.28. The monoisotopic (exact) mass is 188 g/mol. The first-order valence-corrected chi connectivity index (χ1v) is 3.53. The third kappa shape index (κ3) is 8.18. The van der Waals surface area contributed by atoms with Gasteiger partial charge in [-0.1, -0.05) is 6.58 Å². The number of hydrogen-bond donors (Lipinski definition) is 2. The molecule has 0 saturated carbocycles. The molecule has 6 nitrogen and oxygen atoms in total. The molecule has 0 atom stereocenters. The van der Waals surface area contributed by atoms with E-state index in [1.165, 1.54) is 0 Å². The van der Waals surface area contributed by atoms with E-state index in [1.807, 2.05) is 0 Å². The lowest BCUT2D eigenvalue weighted by atomic mass is 10.2. The molecule has 0 aromatic heterocycles. The zero-order valence-corrected chi connectivity index (χ0v) is 7.12. The Morgan fingerprint density at radius 3 is 2.15 bits per heavy atom. The highest BCUT2D eigenvalue weighted by atomic mass is 16.5. The molecular formula is C7H12N2O4. The summed E-state index contributed by atoms with van der Waals surface area (Å²) in [5.74, 6) is 0. The van der Waals surface area contributed by atoms with Crippen LogP contribution in [0.3, 0.4) is 0 Å². The topological polar surface area (TPSA) is 105 Å². The molecule has 2 amide bonds. The third-order valence-corrected chi connectivity index (χ3v) is 1.12. The number of rotatable bonds is 5. The minimum absolute atomic E-state index is 0.0253. The highest BCUT2D eigenvalue weighted by Gasteiger charge is 1.99. The van der Waals surface area contributed by atoms with Gasteiger partial charge < -0.3 is 20.9 Å². The molecule has 0 unspecified atom stereocenters. The van der Waals surface area contributed by atoms with E-state index in [1.54, 1.807) is 0 Å². The van der Waals surface area contributed by atoms with Gasteiger partial charge in [-0.25, -0.2) is 9.59 Å². The van der Waals surface area contributed by atoms with E-state index in [4.69, 9.17) is 11.5 Å². The van der Waals surface area contributed by atoms with Crippen LogP contribution < -0.4 is 11.5 Å². The molecule has 0 heterocycles. The van der Waals surface area contributed by atoms with Gasteiger partial charge in [-0.15, -0.1) is 0 Å². The van der Waals surface area contributed by atoms with Crippen LogP contribution in [0.25, 0.3) is 0 Å². The standard InChI is InChI=1S/C7H12N2O4/c1-5(4-13-7(9)11)2-3-12-6(8)10/h1-4H2,(H2,8,10)(H2,9,11). The summed E-state index contributed by atoms with van der Waals surface area (Å²) in [4.78, 5) is 20.3. The number of amides is 2. The van der Waals surface area contributed by atoms with Crippen LogP contribution in [0.2, 0.25) is 0 Å². The quantitative estimate of drug-likeness (QED) is 0.598. The number of hydrogen-bond acceptors (Lipinski definition) is 4. The van der Waals surface area contributed by atoms with Crippen LogP contribution in [0, 0.1) is 0 Å². The second kappa shape index (κ2) is 5.87. The Kier molecular flexibility index (Phi) is 5.09. The van der Waals surface area contributed by atoms with Crippen molar-refractivity contribution in [2.75, 3.05) is 13.2 Å². The molecule has 74 valence electrons. The van der Waals surface area contributed by atoms with E-state index < -0.39 is 12.2 Å². The average Bonchev–Trinajstić information content (AvgIpc) is 2.00. The highest BCUT2D eigenvalue weighted by molar-refractivity contribution is 5.65. The summed E-state index contributed by atoms with van der Waals surface area (Å²) in [6.45, 7) is 3.71. The van der Waals surface area contributed by atoms with E-state index in [9.17, 15) is 9.59 Å². The molecule has 0 aliphatic heterocycles. The molecule has 0 spiro atoms. The van der Waals surface area contributed by atoms with Gasteiger partial charge in [-0.2, -0.15) is 0 Å². The van der Waals surface area contributed by atoms with Crippen molar-refractivity contribution < 1.29 is 19.1 Å². The highest BCUT2D eigenvalue weighted by Crippen LogP contribution is 1.98. The molecular weight excluding hydrogens is 176 g/mol. The first kappa shape index (κ1) is 11.3. The van der Waals surface area contributed by atoms with Gasteiger partial charge in [0.25, 0.3) is 0 Å². The summed E-state index contributed by atoms with van der Waals surface area (Å²) in [5.41, 5.74) is 10.0. The summed E-state index contributed by atoms with van der Waals surface area (Å²) < 4.78 is 8.85. The second-order valence-electron chi connectivity index (χ2n) is 2.28. The molecule has 0 saturated heterocycles. The van der Waals surface area contributed by atoms with Crippen molar-refractivity contribution in [3.8, 4) is 0 Å². The fourth-order valence-electron chi connectivity index (χ4n) is 0.541. The largest absolute Gasteiger partial charge is 0.449 e. The van der Waals surface area contributed by atoms with Crippen LogP contribution in [0.5, 0.6) is 0 Å². The normalized spacial score (nSPS) is 8.92. The van der Waals surface area contributed by atoms with Crippen molar-refractivity contribution in [2.24, 2.45) is 11.5 Å². The van der Waals surface area contributed by atoms with Crippen molar-refractivity contribution in [2.45, 2.75) is 6.42 Å². The molecule has 0 aliphatic rings. The molecule has 4 N–H and O–H groups in total. The van der Waals surface area contributed by atoms with Gasteiger partial charge in [0.05, 0.1) is 6.61 Å². The van der Waals surface area contributed by atoms with Crippen molar-refractivity contribution in [1.82, 2.24) is 0 Å². The van der Waals surface area contributed by atoms with Crippen molar-refractivity contribution in [1.29, 1.82) is 0 Å². The zero-order chi connectivity index (χ0) is 10.3. The van der Waals surface area contributed by atoms with E-state index >= 15 is 0 Å². The maximum absolute atomic E-state index is 10.1. The Morgan fingerprint density at radius 1 is 1.15 bits per heavy atom.